The van der Waals surface area contributed by atoms with Gasteiger partial charge in [-0.25, -0.2) is 0 Å². The minimum Gasteiger partial charge on any atom is -0.482 e. The highest BCUT2D eigenvalue weighted by atomic mass is 32.1. The van der Waals surface area contributed by atoms with Crippen LogP contribution >= 0.6 is 22.7 Å². The molecule has 0 saturated heterocycles. The van der Waals surface area contributed by atoms with E-state index in [2.05, 4.69) is 103 Å². The Labute approximate surface area is 275 Å². The minimum atomic E-state index is -0.278. The Morgan fingerprint density at radius 3 is 2.07 bits per heavy atom. The summed E-state index contributed by atoms with van der Waals surface area (Å²) in [6, 6.07) is 21.5. The number of thiophene rings is 2. The first-order valence-electron chi connectivity index (χ1n) is 17.4. The smallest absolute Gasteiger partial charge is 0.135 e. The van der Waals surface area contributed by atoms with Gasteiger partial charge in [-0.05, 0) is 96.5 Å². The standard InChI is InChI=1S/C41H52OS2/c1-8-12-14-16-24-41(23-15-13-9-2)32-25-28(35-21-22-36(43-35)37-27-33-38(44-37)40(33,7)11-4)17-19-30(32)31-20-18-29(26-34(31)42-41)39(5,6)10-3/h17-22,25-27H,8-16,23-24H2,1-7H3. The third-order valence-corrected chi connectivity index (χ3v) is 13.7. The second-order valence-corrected chi connectivity index (χ2v) is 16.4. The zero-order valence-electron chi connectivity index (χ0n) is 28.2. The molecule has 0 radical (unpaired) electrons. The molecule has 1 aliphatic heterocycles. The Kier molecular flexibility index (Phi) is 8.94. The van der Waals surface area contributed by atoms with E-state index in [1.165, 1.54) is 93.8 Å². The van der Waals surface area contributed by atoms with Crippen LogP contribution in [-0.4, -0.2) is 0 Å². The SMILES string of the molecule is CCCCCCC1(CCCCC)Oc2cc(C(C)(C)CC)ccc2-c2ccc(-c3ccc(-c4cc5c(s4)C5(C)CC)s3)cc21. The molecule has 4 aromatic rings. The monoisotopic (exact) mass is 624 g/mol. The average Bonchev–Trinajstić information content (AvgIpc) is 3.45. The first-order chi connectivity index (χ1) is 21.2. The van der Waals surface area contributed by atoms with Gasteiger partial charge in [-0.15, -0.1) is 22.7 Å². The molecule has 0 N–H and O–H groups in total. The molecule has 3 heteroatoms. The Bertz CT molecular complexity index is 1600. The van der Waals surface area contributed by atoms with E-state index in [4.69, 9.17) is 4.74 Å². The normalized spacial score (nSPS) is 20.2. The van der Waals surface area contributed by atoms with E-state index < -0.39 is 0 Å². The average molecular weight is 625 g/mol. The summed E-state index contributed by atoms with van der Waals surface area (Å²) in [5.41, 5.74) is 8.54. The van der Waals surface area contributed by atoms with Gasteiger partial charge in [-0.2, -0.15) is 0 Å². The van der Waals surface area contributed by atoms with Gasteiger partial charge in [0.25, 0.3) is 0 Å². The third-order valence-electron chi connectivity index (χ3n) is 11.0. The molecule has 0 amide bonds. The van der Waals surface area contributed by atoms with Crippen molar-refractivity contribution in [2.75, 3.05) is 0 Å². The second-order valence-electron chi connectivity index (χ2n) is 14.3. The predicted molar refractivity (Wildman–Crippen MR) is 194 cm³/mol. The predicted octanol–water partition coefficient (Wildman–Crippen LogP) is 13.7. The molecule has 2 atom stereocenters. The molecule has 2 aromatic carbocycles. The van der Waals surface area contributed by atoms with Gasteiger partial charge in [0.2, 0.25) is 0 Å². The van der Waals surface area contributed by atoms with Gasteiger partial charge in [0.15, 0.2) is 0 Å². The Hall–Kier alpha value is -2.36. The summed E-state index contributed by atoms with van der Waals surface area (Å²) in [6.07, 6.45) is 13.2. The minimum absolute atomic E-state index is 0.130. The number of hydrogen-bond acceptors (Lipinski definition) is 3. The molecule has 44 heavy (non-hydrogen) atoms. The first-order valence-corrected chi connectivity index (χ1v) is 19.1. The molecule has 0 fully saturated rings. The lowest BCUT2D eigenvalue weighted by Crippen LogP contribution is -2.36. The summed E-state index contributed by atoms with van der Waals surface area (Å²) in [6.45, 7) is 16.3. The zero-order chi connectivity index (χ0) is 31.1. The first kappa shape index (κ1) is 31.6. The van der Waals surface area contributed by atoms with E-state index in [-0.39, 0.29) is 11.0 Å². The van der Waals surface area contributed by atoms with Crippen LogP contribution in [0, 0.1) is 0 Å². The molecule has 0 saturated carbocycles. The van der Waals surface area contributed by atoms with Gasteiger partial charge < -0.3 is 4.74 Å². The van der Waals surface area contributed by atoms with Crippen LogP contribution in [0.2, 0.25) is 0 Å². The summed E-state index contributed by atoms with van der Waals surface area (Å²) in [5.74, 6) is 1.09. The number of unbranched alkanes of at least 4 members (excludes halogenated alkanes) is 5. The molecule has 2 aromatic heterocycles. The molecule has 6 rings (SSSR count). The highest BCUT2D eigenvalue weighted by Crippen LogP contribution is 2.59. The molecule has 3 heterocycles. The molecule has 1 nitrogen and oxygen atoms in total. The van der Waals surface area contributed by atoms with Gasteiger partial charge in [0, 0.05) is 36.1 Å². The molecular formula is C41H52OS2. The Balaban J connectivity index is 1.41. The van der Waals surface area contributed by atoms with Crippen LogP contribution in [0.3, 0.4) is 0 Å². The number of benzene rings is 2. The van der Waals surface area contributed by atoms with Crippen LogP contribution in [0.4, 0.5) is 0 Å². The van der Waals surface area contributed by atoms with Gasteiger partial charge in [-0.1, -0.05) is 105 Å². The summed E-state index contributed by atoms with van der Waals surface area (Å²) in [7, 11) is 0. The van der Waals surface area contributed by atoms with E-state index in [1.807, 2.05) is 22.7 Å². The van der Waals surface area contributed by atoms with Crippen molar-refractivity contribution in [3.05, 3.63) is 76.2 Å². The summed E-state index contributed by atoms with van der Waals surface area (Å²) < 4.78 is 7.36. The van der Waals surface area contributed by atoms with Crippen LogP contribution in [0.5, 0.6) is 5.75 Å². The van der Waals surface area contributed by atoms with Gasteiger partial charge >= 0.3 is 0 Å². The van der Waals surface area contributed by atoms with Gasteiger partial charge in [-0.3, -0.25) is 0 Å². The quantitative estimate of drug-likeness (QED) is 0.127. The van der Waals surface area contributed by atoms with E-state index in [0.717, 1.165) is 25.0 Å². The summed E-state index contributed by atoms with van der Waals surface area (Å²) in [5, 5.41) is 0. The molecule has 2 unspecified atom stereocenters. The van der Waals surface area contributed by atoms with E-state index in [0.29, 0.717) is 5.41 Å². The lowest BCUT2D eigenvalue weighted by Gasteiger charge is -2.42. The molecule has 1 aliphatic carbocycles. The van der Waals surface area contributed by atoms with Crippen molar-refractivity contribution >= 4 is 22.7 Å². The molecule has 0 bridgehead atoms. The van der Waals surface area contributed by atoms with Crippen molar-refractivity contribution in [3.8, 4) is 37.1 Å². The van der Waals surface area contributed by atoms with Crippen LogP contribution in [0.25, 0.3) is 31.3 Å². The Morgan fingerprint density at radius 1 is 0.682 bits per heavy atom. The number of ether oxygens (including phenoxy) is 1. The number of rotatable bonds is 14. The third kappa shape index (κ3) is 5.62. The fourth-order valence-corrected chi connectivity index (χ4v) is 9.74. The Morgan fingerprint density at radius 2 is 1.39 bits per heavy atom. The summed E-state index contributed by atoms with van der Waals surface area (Å²) in [4.78, 5) is 5.79. The van der Waals surface area contributed by atoms with Crippen molar-refractivity contribution < 1.29 is 4.74 Å². The lowest BCUT2D eigenvalue weighted by molar-refractivity contribution is 0.0386. The number of fused-ring (bicyclic) bond motifs is 4. The molecule has 0 spiro atoms. The van der Waals surface area contributed by atoms with Gasteiger partial charge in [0.05, 0.1) is 0 Å². The topological polar surface area (TPSA) is 9.23 Å². The van der Waals surface area contributed by atoms with Crippen molar-refractivity contribution in [1.82, 2.24) is 0 Å². The fraction of sp³-hybridized carbons (Fsp3) is 0.512. The molecule has 234 valence electrons. The number of hydrogen-bond donors (Lipinski definition) is 0. The molecular weight excluding hydrogens is 573 g/mol. The fourth-order valence-electron chi connectivity index (χ4n) is 7.19. The maximum atomic E-state index is 7.36. The van der Waals surface area contributed by atoms with E-state index in [1.54, 1.807) is 10.4 Å². The second kappa shape index (κ2) is 12.4. The van der Waals surface area contributed by atoms with Crippen LogP contribution in [0.1, 0.15) is 141 Å². The zero-order valence-corrected chi connectivity index (χ0v) is 29.8. The summed E-state index contributed by atoms with van der Waals surface area (Å²) >= 11 is 3.95. The van der Waals surface area contributed by atoms with Gasteiger partial charge in [0.1, 0.15) is 11.4 Å². The van der Waals surface area contributed by atoms with Crippen molar-refractivity contribution in [3.63, 3.8) is 0 Å². The maximum Gasteiger partial charge on any atom is 0.135 e. The highest BCUT2D eigenvalue weighted by Gasteiger charge is 2.47. The van der Waals surface area contributed by atoms with E-state index >= 15 is 0 Å². The maximum absolute atomic E-state index is 7.36. The molecule has 2 aliphatic rings. The van der Waals surface area contributed by atoms with Crippen LogP contribution < -0.4 is 4.74 Å². The highest BCUT2D eigenvalue weighted by molar-refractivity contribution is 7.24. The van der Waals surface area contributed by atoms with Crippen molar-refractivity contribution in [1.29, 1.82) is 0 Å². The van der Waals surface area contributed by atoms with E-state index in [9.17, 15) is 0 Å². The van der Waals surface area contributed by atoms with Crippen LogP contribution in [-0.2, 0) is 16.4 Å². The van der Waals surface area contributed by atoms with Crippen molar-refractivity contribution in [2.24, 2.45) is 0 Å². The largest absolute Gasteiger partial charge is 0.482 e. The van der Waals surface area contributed by atoms with Crippen LogP contribution in [0.15, 0.2) is 54.6 Å². The lowest BCUT2D eigenvalue weighted by atomic mass is 9.75. The van der Waals surface area contributed by atoms with Crippen molar-refractivity contribution in [2.45, 2.75) is 136 Å².